The van der Waals surface area contributed by atoms with E-state index in [1.54, 1.807) is 18.2 Å². The molecule has 0 aliphatic rings. The molecule has 0 saturated carbocycles. The van der Waals surface area contributed by atoms with Crippen LogP contribution in [0, 0.1) is 19.7 Å². The van der Waals surface area contributed by atoms with Crippen LogP contribution in [0.1, 0.15) is 11.1 Å². The van der Waals surface area contributed by atoms with Crippen LogP contribution in [0.5, 0.6) is 5.75 Å². The van der Waals surface area contributed by atoms with Crippen LogP contribution >= 0.6 is 11.8 Å². The lowest BCUT2D eigenvalue weighted by Gasteiger charge is -2.15. The van der Waals surface area contributed by atoms with Crippen molar-refractivity contribution in [3.05, 3.63) is 72.1 Å². The van der Waals surface area contributed by atoms with Crippen LogP contribution in [-0.2, 0) is 6.54 Å². The van der Waals surface area contributed by atoms with Gasteiger partial charge in [-0.15, -0.1) is 16.8 Å². The number of benzene rings is 2. The minimum atomic E-state index is -0.665. The van der Waals surface area contributed by atoms with Gasteiger partial charge >= 0.3 is 0 Å². The normalized spacial score (nSPS) is 12.0. The molecule has 29 heavy (non-hydrogen) atoms. The van der Waals surface area contributed by atoms with Crippen molar-refractivity contribution >= 4 is 11.8 Å². The molecule has 0 radical (unpaired) electrons. The number of rotatable bonds is 9. The Morgan fingerprint density at radius 1 is 1.17 bits per heavy atom. The van der Waals surface area contributed by atoms with E-state index in [0.29, 0.717) is 23.3 Å². The first-order valence-corrected chi connectivity index (χ1v) is 10.3. The monoisotopic (exact) mass is 413 g/mol. The second-order valence-corrected chi connectivity index (χ2v) is 7.70. The Morgan fingerprint density at radius 3 is 2.52 bits per heavy atom. The van der Waals surface area contributed by atoms with Crippen molar-refractivity contribution < 1.29 is 14.2 Å². The third kappa shape index (κ3) is 5.25. The fourth-order valence-electron chi connectivity index (χ4n) is 2.93. The van der Waals surface area contributed by atoms with Crippen LogP contribution in [0.3, 0.4) is 0 Å². The molecule has 0 spiro atoms. The van der Waals surface area contributed by atoms with Crippen molar-refractivity contribution in [2.24, 2.45) is 0 Å². The summed E-state index contributed by atoms with van der Waals surface area (Å²) in [5.41, 5.74) is 2.85. The first-order valence-electron chi connectivity index (χ1n) is 9.29. The van der Waals surface area contributed by atoms with Crippen molar-refractivity contribution in [3.63, 3.8) is 0 Å². The van der Waals surface area contributed by atoms with Crippen molar-refractivity contribution in [1.29, 1.82) is 0 Å². The van der Waals surface area contributed by atoms with Gasteiger partial charge in [0.25, 0.3) is 0 Å². The molecular weight excluding hydrogens is 389 g/mol. The molecule has 2 aromatic carbocycles. The first kappa shape index (κ1) is 21.1. The van der Waals surface area contributed by atoms with E-state index in [1.807, 2.05) is 36.6 Å². The van der Waals surface area contributed by atoms with Gasteiger partial charge in [-0.25, -0.2) is 4.39 Å². The molecule has 7 heteroatoms. The minimum absolute atomic E-state index is 0.194. The van der Waals surface area contributed by atoms with E-state index in [9.17, 15) is 9.50 Å². The van der Waals surface area contributed by atoms with Crippen molar-refractivity contribution in [1.82, 2.24) is 14.8 Å². The highest BCUT2D eigenvalue weighted by molar-refractivity contribution is 7.99. The van der Waals surface area contributed by atoms with Gasteiger partial charge in [0.15, 0.2) is 11.0 Å². The van der Waals surface area contributed by atoms with Gasteiger partial charge in [-0.2, -0.15) is 0 Å². The lowest BCUT2D eigenvalue weighted by atomic mass is 10.1. The molecule has 3 aromatic rings. The molecule has 5 nitrogen and oxygen atoms in total. The zero-order chi connectivity index (χ0) is 20.8. The van der Waals surface area contributed by atoms with Crippen LogP contribution in [0.25, 0.3) is 11.4 Å². The molecule has 3 rings (SSSR count). The average molecular weight is 414 g/mol. The molecule has 1 aromatic heterocycles. The maximum absolute atomic E-state index is 13.2. The number of allylic oxidation sites excluding steroid dienone is 1. The molecule has 0 bridgehead atoms. The summed E-state index contributed by atoms with van der Waals surface area (Å²) in [6.45, 7) is 8.46. The predicted molar refractivity (Wildman–Crippen MR) is 114 cm³/mol. The summed E-state index contributed by atoms with van der Waals surface area (Å²) in [5.74, 6) is 1.55. The van der Waals surface area contributed by atoms with E-state index >= 15 is 0 Å². The number of hydrogen-bond donors (Lipinski definition) is 1. The number of halogens is 1. The quantitative estimate of drug-likeness (QED) is 0.416. The van der Waals surface area contributed by atoms with E-state index in [2.05, 4.69) is 16.8 Å². The van der Waals surface area contributed by atoms with Crippen LogP contribution in [-0.4, -0.2) is 38.3 Å². The van der Waals surface area contributed by atoms with E-state index in [1.165, 1.54) is 23.9 Å². The van der Waals surface area contributed by atoms with Gasteiger partial charge in [0.05, 0.1) is 6.10 Å². The van der Waals surface area contributed by atoms with Crippen LogP contribution in [0.4, 0.5) is 4.39 Å². The number of nitrogens with zero attached hydrogens (tertiary/aromatic N) is 3. The Hall–Kier alpha value is -2.64. The maximum atomic E-state index is 13.2. The first-order chi connectivity index (χ1) is 14.0. The van der Waals surface area contributed by atoms with E-state index < -0.39 is 6.10 Å². The summed E-state index contributed by atoms with van der Waals surface area (Å²) in [5, 5.41) is 19.5. The number of aliphatic hydroxyl groups excluding tert-OH is 1. The fraction of sp³-hybridized carbons (Fsp3) is 0.273. The van der Waals surface area contributed by atoms with Gasteiger partial charge in [0.1, 0.15) is 18.2 Å². The predicted octanol–water partition coefficient (Wildman–Crippen LogP) is 4.42. The number of hydrogen-bond acceptors (Lipinski definition) is 5. The van der Waals surface area contributed by atoms with Crippen molar-refractivity contribution in [2.45, 2.75) is 31.7 Å². The fourth-order valence-corrected chi connectivity index (χ4v) is 3.78. The van der Waals surface area contributed by atoms with Gasteiger partial charge in [-0.3, -0.25) is 4.57 Å². The number of para-hydroxylation sites is 1. The highest BCUT2D eigenvalue weighted by Crippen LogP contribution is 2.26. The lowest BCUT2D eigenvalue weighted by molar-refractivity contribution is 0.125. The Kier molecular flexibility index (Phi) is 7.06. The molecule has 0 unspecified atom stereocenters. The van der Waals surface area contributed by atoms with Gasteiger partial charge < -0.3 is 9.84 Å². The summed E-state index contributed by atoms with van der Waals surface area (Å²) in [4.78, 5) is 0. The van der Waals surface area contributed by atoms with Gasteiger partial charge in [0.2, 0.25) is 0 Å². The molecule has 1 N–H and O–H groups in total. The molecular formula is C22H24FN3O2S. The molecule has 0 fully saturated rings. The summed E-state index contributed by atoms with van der Waals surface area (Å²) < 4.78 is 20.9. The zero-order valence-corrected chi connectivity index (χ0v) is 17.3. The van der Waals surface area contributed by atoms with Crippen LogP contribution in [0.15, 0.2) is 60.3 Å². The number of aromatic nitrogens is 3. The van der Waals surface area contributed by atoms with Gasteiger partial charge in [-0.1, -0.05) is 36.0 Å². The Morgan fingerprint density at radius 2 is 1.86 bits per heavy atom. The van der Waals surface area contributed by atoms with Gasteiger partial charge in [-0.05, 0) is 49.2 Å². The Labute approximate surface area is 174 Å². The smallest absolute Gasteiger partial charge is 0.191 e. The topological polar surface area (TPSA) is 60.2 Å². The zero-order valence-electron chi connectivity index (χ0n) is 16.5. The van der Waals surface area contributed by atoms with Crippen LogP contribution < -0.4 is 4.74 Å². The molecule has 0 saturated heterocycles. The number of aryl methyl sites for hydroxylation is 2. The molecule has 0 aliphatic heterocycles. The maximum Gasteiger partial charge on any atom is 0.191 e. The molecule has 1 heterocycles. The highest BCUT2D eigenvalue weighted by atomic mass is 32.2. The minimum Gasteiger partial charge on any atom is -0.490 e. The summed E-state index contributed by atoms with van der Waals surface area (Å²) in [6.07, 6.45) is 1.09. The van der Waals surface area contributed by atoms with Gasteiger partial charge in [0, 0.05) is 17.9 Å². The summed E-state index contributed by atoms with van der Waals surface area (Å²) >= 11 is 1.39. The van der Waals surface area contributed by atoms with E-state index in [-0.39, 0.29) is 12.4 Å². The summed E-state index contributed by atoms with van der Waals surface area (Å²) in [7, 11) is 0. The Balaban J connectivity index is 1.65. The van der Waals surface area contributed by atoms with Crippen LogP contribution in [0.2, 0.25) is 0 Å². The lowest BCUT2D eigenvalue weighted by Crippen LogP contribution is -2.21. The molecule has 0 aliphatic carbocycles. The summed E-state index contributed by atoms with van der Waals surface area (Å²) in [6, 6.07) is 12.1. The van der Waals surface area contributed by atoms with Crippen molar-refractivity contribution in [3.8, 4) is 17.1 Å². The van der Waals surface area contributed by atoms with E-state index in [0.717, 1.165) is 22.4 Å². The molecule has 1 atom stereocenters. The largest absolute Gasteiger partial charge is 0.490 e. The second kappa shape index (κ2) is 9.71. The third-order valence-corrected chi connectivity index (χ3v) is 5.48. The molecule has 0 amide bonds. The molecule has 152 valence electrons. The standard InChI is InChI=1S/C22H24FN3O2S/c1-4-12-26-21(17-8-10-18(23)11-9-17)24-25-22(26)29-14-19(27)13-28-20-15(2)6-5-7-16(20)3/h4-11,19,27H,1,12-14H2,2-3H3/t19-/m0/s1. The van der Waals surface area contributed by atoms with Crippen molar-refractivity contribution in [2.75, 3.05) is 12.4 Å². The number of aliphatic hydroxyl groups is 1. The second-order valence-electron chi connectivity index (χ2n) is 6.71. The third-order valence-electron chi connectivity index (χ3n) is 4.36. The van der Waals surface area contributed by atoms with E-state index in [4.69, 9.17) is 4.74 Å². The number of thioether (sulfide) groups is 1. The Bertz CT molecular complexity index is 952. The SMILES string of the molecule is C=CCn1c(SC[C@@H](O)COc2c(C)cccc2C)nnc1-c1ccc(F)cc1. The highest BCUT2D eigenvalue weighted by Gasteiger charge is 2.16. The average Bonchev–Trinajstić information content (AvgIpc) is 3.09. The number of ether oxygens (including phenoxy) is 1.